The second-order valence-corrected chi connectivity index (χ2v) is 8.08. The minimum atomic E-state index is -0.380. The van der Waals surface area contributed by atoms with Crippen LogP contribution in [0.4, 0.5) is 5.69 Å². The molecular weight excluding hydrogens is 424 g/mol. The third kappa shape index (κ3) is 3.99. The molecule has 32 heavy (non-hydrogen) atoms. The fourth-order valence-electron chi connectivity index (χ4n) is 3.78. The first-order valence-electron chi connectivity index (χ1n) is 10.2. The molecule has 6 heteroatoms. The van der Waals surface area contributed by atoms with Crippen molar-refractivity contribution in [2.24, 2.45) is 0 Å². The molecule has 0 spiro atoms. The van der Waals surface area contributed by atoms with Crippen molar-refractivity contribution in [3.63, 3.8) is 0 Å². The topological polar surface area (TPSA) is 49.9 Å². The number of carbonyl (C=O) groups is 2. The van der Waals surface area contributed by atoms with Gasteiger partial charge in [0.1, 0.15) is 11.4 Å². The summed E-state index contributed by atoms with van der Waals surface area (Å²) in [7, 11) is 3.41. The molecule has 0 saturated heterocycles. The van der Waals surface area contributed by atoms with Gasteiger partial charge in [-0.3, -0.25) is 9.59 Å². The second kappa shape index (κ2) is 8.89. The van der Waals surface area contributed by atoms with E-state index in [1.54, 1.807) is 49.6 Å². The molecule has 0 N–H and O–H groups in total. The number of aryl methyl sites for hydroxylation is 1. The Morgan fingerprint density at radius 1 is 0.938 bits per heavy atom. The molecule has 0 bridgehead atoms. The van der Waals surface area contributed by atoms with Crippen LogP contribution in [0.1, 0.15) is 16.7 Å². The average Bonchev–Trinajstić information content (AvgIpc) is 3.06. The van der Waals surface area contributed by atoms with Crippen LogP contribution in [0, 0.1) is 6.92 Å². The van der Waals surface area contributed by atoms with Gasteiger partial charge in [-0.2, -0.15) is 0 Å². The van der Waals surface area contributed by atoms with E-state index in [1.807, 2.05) is 49.2 Å². The van der Waals surface area contributed by atoms with Crippen LogP contribution in [-0.4, -0.2) is 30.9 Å². The van der Waals surface area contributed by atoms with Crippen molar-refractivity contribution in [2.45, 2.75) is 13.5 Å². The van der Waals surface area contributed by atoms with Gasteiger partial charge in [0.15, 0.2) is 0 Å². The van der Waals surface area contributed by atoms with Gasteiger partial charge in [-0.15, -0.1) is 0 Å². The summed E-state index contributed by atoms with van der Waals surface area (Å²) in [5, 5.41) is 0.500. The summed E-state index contributed by atoms with van der Waals surface area (Å²) in [4.78, 5) is 30.2. The molecule has 1 heterocycles. The third-order valence-electron chi connectivity index (χ3n) is 5.50. The minimum absolute atomic E-state index is 0.348. The predicted molar refractivity (Wildman–Crippen MR) is 127 cm³/mol. The molecule has 0 aromatic heterocycles. The monoisotopic (exact) mass is 446 g/mol. The Morgan fingerprint density at radius 2 is 1.62 bits per heavy atom. The van der Waals surface area contributed by atoms with Crippen molar-refractivity contribution in [1.29, 1.82) is 0 Å². The summed E-state index contributed by atoms with van der Waals surface area (Å²) in [6, 6.07) is 22.2. The highest BCUT2D eigenvalue weighted by molar-refractivity contribution is 6.45. The zero-order chi connectivity index (χ0) is 22.8. The molecule has 0 atom stereocenters. The van der Waals surface area contributed by atoms with Crippen molar-refractivity contribution < 1.29 is 14.3 Å². The molecule has 0 saturated carbocycles. The largest absolute Gasteiger partial charge is 0.497 e. The number of imide groups is 1. The molecule has 2 amide bonds. The third-order valence-corrected chi connectivity index (χ3v) is 5.90. The number of hydrogen-bond acceptors (Lipinski definition) is 4. The van der Waals surface area contributed by atoms with E-state index in [1.165, 1.54) is 4.90 Å². The van der Waals surface area contributed by atoms with Gasteiger partial charge in [0, 0.05) is 18.6 Å². The number of carbonyl (C=O) groups excluding carboxylic acids is 2. The molecule has 0 unspecified atom stereocenters. The summed E-state index contributed by atoms with van der Waals surface area (Å²) >= 11 is 6.29. The van der Waals surface area contributed by atoms with E-state index >= 15 is 0 Å². The summed E-state index contributed by atoms with van der Waals surface area (Å²) in [6.07, 6.45) is 0. The van der Waals surface area contributed by atoms with E-state index in [4.69, 9.17) is 16.3 Å². The van der Waals surface area contributed by atoms with Crippen molar-refractivity contribution in [2.75, 3.05) is 19.1 Å². The molecule has 0 aliphatic carbocycles. The van der Waals surface area contributed by atoms with Crippen molar-refractivity contribution in [3.8, 4) is 5.75 Å². The highest BCUT2D eigenvalue weighted by Crippen LogP contribution is 2.36. The van der Waals surface area contributed by atoms with E-state index in [-0.39, 0.29) is 11.8 Å². The molecule has 4 rings (SSSR count). The first-order chi connectivity index (χ1) is 15.4. The summed E-state index contributed by atoms with van der Waals surface area (Å²) in [5.74, 6) is -0.0818. The first kappa shape index (κ1) is 21.7. The first-order valence-corrected chi connectivity index (χ1v) is 10.6. The Bertz CT molecular complexity index is 1200. The van der Waals surface area contributed by atoms with Gasteiger partial charge >= 0.3 is 0 Å². The lowest BCUT2D eigenvalue weighted by molar-refractivity contribution is -0.120. The molecule has 5 nitrogen and oxygen atoms in total. The van der Waals surface area contributed by atoms with Gasteiger partial charge in [0.2, 0.25) is 0 Å². The Hall–Kier alpha value is -3.57. The lowest BCUT2D eigenvalue weighted by Crippen LogP contribution is -2.34. The molecule has 0 radical (unpaired) electrons. The number of methoxy groups -OCH3 is 1. The van der Waals surface area contributed by atoms with E-state index < -0.39 is 0 Å². The molecule has 0 fully saturated rings. The molecule has 3 aromatic carbocycles. The zero-order valence-corrected chi connectivity index (χ0v) is 18.9. The number of amides is 2. The van der Waals surface area contributed by atoms with Crippen LogP contribution in [-0.2, 0) is 16.1 Å². The van der Waals surface area contributed by atoms with Gasteiger partial charge in [0.25, 0.3) is 11.8 Å². The van der Waals surface area contributed by atoms with Crippen LogP contribution in [0.2, 0.25) is 5.02 Å². The Balaban J connectivity index is 1.80. The quantitative estimate of drug-likeness (QED) is 0.496. The van der Waals surface area contributed by atoms with Crippen molar-refractivity contribution in [3.05, 3.63) is 100 Å². The van der Waals surface area contributed by atoms with Crippen molar-refractivity contribution in [1.82, 2.24) is 4.90 Å². The molecule has 162 valence electrons. The summed E-state index contributed by atoms with van der Waals surface area (Å²) in [5.41, 5.74) is 3.71. The van der Waals surface area contributed by atoms with Crippen molar-refractivity contribution >= 4 is 34.7 Å². The predicted octanol–water partition coefficient (Wildman–Crippen LogP) is 5.07. The van der Waals surface area contributed by atoms with Crippen LogP contribution >= 0.6 is 11.6 Å². The normalized spacial score (nSPS) is 13.7. The number of likely N-dealkylation sites (N-methyl/N-ethyl adjacent to an activating group) is 1. The summed E-state index contributed by atoms with van der Waals surface area (Å²) < 4.78 is 5.24. The smallest absolute Gasteiger partial charge is 0.282 e. The van der Waals surface area contributed by atoms with Gasteiger partial charge in [-0.05, 0) is 47.9 Å². The van der Waals surface area contributed by atoms with Crippen LogP contribution in [0.5, 0.6) is 5.75 Å². The molecular formula is C26H23ClN2O3. The Kier molecular flexibility index (Phi) is 6.01. The number of nitrogens with zero attached hydrogens (tertiary/aromatic N) is 2. The number of halogens is 1. The van der Waals surface area contributed by atoms with Gasteiger partial charge in [0.05, 0.1) is 18.4 Å². The molecule has 1 aliphatic heterocycles. The zero-order valence-electron chi connectivity index (χ0n) is 18.1. The fraction of sp³-hybridized carbons (Fsp3) is 0.154. The van der Waals surface area contributed by atoms with Crippen LogP contribution in [0.25, 0.3) is 5.57 Å². The molecule has 1 aliphatic rings. The van der Waals surface area contributed by atoms with E-state index in [2.05, 4.69) is 0 Å². The maximum Gasteiger partial charge on any atom is 0.282 e. The number of anilines is 1. The Labute approximate surface area is 192 Å². The standard InChI is InChI=1S/C26H23ClN2O3/c1-17-9-12-20(15-22(17)27)29-25(30)23(19-10-13-21(32-3)14-11-19)24(26(29)31)28(2)16-18-7-5-4-6-8-18/h4-15H,16H2,1-3H3. The average molecular weight is 447 g/mol. The maximum absolute atomic E-state index is 13.6. The maximum atomic E-state index is 13.6. The van der Waals surface area contributed by atoms with Gasteiger partial charge in [-0.25, -0.2) is 4.90 Å². The number of hydrogen-bond donors (Lipinski definition) is 0. The van der Waals surface area contributed by atoms with Gasteiger partial charge in [-0.1, -0.05) is 60.1 Å². The molecule has 3 aromatic rings. The Morgan fingerprint density at radius 3 is 2.25 bits per heavy atom. The highest BCUT2D eigenvalue weighted by atomic mass is 35.5. The van der Waals surface area contributed by atoms with E-state index in [0.717, 1.165) is 11.1 Å². The van der Waals surface area contributed by atoms with Crippen LogP contribution in [0.15, 0.2) is 78.5 Å². The fourth-order valence-corrected chi connectivity index (χ4v) is 3.96. The second-order valence-electron chi connectivity index (χ2n) is 7.67. The van der Waals surface area contributed by atoms with Gasteiger partial charge < -0.3 is 9.64 Å². The lowest BCUT2D eigenvalue weighted by atomic mass is 10.0. The number of benzene rings is 3. The number of rotatable bonds is 6. The minimum Gasteiger partial charge on any atom is -0.497 e. The SMILES string of the molecule is COc1ccc(C2=C(N(C)Cc3ccccc3)C(=O)N(c3ccc(C)c(Cl)c3)C2=O)cc1. The van der Waals surface area contributed by atoms with Crippen LogP contribution < -0.4 is 9.64 Å². The van der Waals surface area contributed by atoms with E-state index in [9.17, 15) is 9.59 Å². The summed E-state index contributed by atoms with van der Waals surface area (Å²) in [6.45, 7) is 2.36. The number of ether oxygens (including phenoxy) is 1. The highest BCUT2D eigenvalue weighted by Gasteiger charge is 2.41. The lowest BCUT2D eigenvalue weighted by Gasteiger charge is -2.22. The van der Waals surface area contributed by atoms with E-state index in [0.29, 0.717) is 39.8 Å². The van der Waals surface area contributed by atoms with Crippen LogP contribution in [0.3, 0.4) is 0 Å².